The highest BCUT2D eigenvalue weighted by molar-refractivity contribution is 6.07. The number of aromatic amines is 2. The molecule has 5 heterocycles. The van der Waals surface area contributed by atoms with Gasteiger partial charge in [-0.15, -0.1) is 0 Å². The summed E-state index contributed by atoms with van der Waals surface area (Å²) >= 11 is 0. The molecule has 0 aliphatic carbocycles. The fraction of sp³-hybridized carbons (Fsp3) is 0.235. The molecule has 0 spiro atoms. The predicted octanol–water partition coefficient (Wildman–Crippen LogP) is 18.8. The minimum atomic E-state index is -0.0876. The first-order valence-corrected chi connectivity index (χ1v) is 25.6. The molecule has 0 amide bonds. The summed E-state index contributed by atoms with van der Waals surface area (Å²) in [6.45, 7) is 27.7. The standard InChI is InChI=1S/C68H66N4/c1-65(2,3)45-35-43(36-46(39-45)66(4,5)6)61-53-27-31-57(69-53)63(51-25-17-21-41-19-13-15-23-49(41)51)59-33-29-55(71-59)62(44-37-47(67(7,8)9)40-48(38-44)68(10,11)12)56-30-34-60(72-56)64(58-32-28-54(61)70-58)52-26-18-22-42-20-14-16-24-50(42)52/h13-40,69,72H,1-12H3. The van der Waals surface area contributed by atoms with E-state index >= 15 is 0 Å². The van der Waals surface area contributed by atoms with E-state index in [1.54, 1.807) is 0 Å². The maximum Gasteiger partial charge on any atom is 0.0737 e. The highest BCUT2D eigenvalue weighted by Crippen LogP contribution is 2.44. The molecule has 0 radical (unpaired) electrons. The third kappa shape index (κ3) is 8.51. The molecule has 6 aromatic carbocycles. The first-order valence-electron chi connectivity index (χ1n) is 25.6. The lowest BCUT2D eigenvalue weighted by atomic mass is 9.78. The van der Waals surface area contributed by atoms with Crippen LogP contribution < -0.4 is 0 Å². The maximum atomic E-state index is 5.76. The number of hydrogen-bond donors (Lipinski definition) is 2. The van der Waals surface area contributed by atoms with Crippen LogP contribution in [0, 0.1) is 0 Å². The molecule has 0 atom stereocenters. The summed E-state index contributed by atoms with van der Waals surface area (Å²) in [7, 11) is 0. The van der Waals surface area contributed by atoms with Crippen molar-refractivity contribution in [3.8, 4) is 44.5 Å². The molecule has 0 saturated carbocycles. The number of hydrogen-bond acceptors (Lipinski definition) is 2. The maximum absolute atomic E-state index is 5.76. The average Bonchev–Trinajstić information content (AvgIpc) is 4.19. The van der Waals surface area contributed by atoms with E-state index in [0.29, 0.717) is 0 Å². The lowest BCUT2D eigenvalue weighted by molar-refractivity contribution is 0.568. The third-order valence-corrected chi connectivity index (χ3v) is 14.8. The smallest absolute Gasteiger partial charge is 0.0737 e. The molecule has 2 aliphatic heterocycles. The van der Waals surface area contributed by atoms with E-state index in [1.807, 2.05) is 0 Å². The van der Waals surface area contributed by atoms with Gasteiger partial charge in [-0.3, -0.25) is 0 Å². The van der Waals surface area contributed by atoms with Crippen LogP contribution in [-0.4, -0.2) is 19.9 Å². The lowest BCUT2D eigenvalue weighted by Gasteiger charge is -2.26. The number of fused-ring (bicyclic) bond motifs is 10. The van der Waals surface area contributed by atoms with Crippen molar-refractivity contribution in [2.24, 2.45) is 0 Å². The fourth-order valence-corrected chi connectivity index (χ4v) is 10.5. The molecule has 0 saturated heterocycles. The normalized spacial score (nSPS) is 13.2. The minimum absolute atomic E-state index is 0.0876. The molecule has 3 aromatic heterocycles. The second-order valence-corrected chi connectivity index (χ2v) is 24.2. The van der Waals surface area contributed by atoms with Crippen LogP contribution in [0.5, 0.6) is 0 Å². The number of rotatable bonds is 4. The van der Waals surface area contributed by atoms with Gasteiger partial charge in [0.05, 0.1) is 22.8 Å². The number of nitrogens with one attached hydrogen (secondary N) is 2. The Bertz CT molecular complexity index is 3560. The zero-order chi connectivity index (χ0) is 50.5. The van der Waals surface area contributed by atoms with Gasteiger partial charge in [0.1, 0.15) is 0 Å². The summed E-state index contributed by atoms with van der Waals surface area (Å²) in [5, 5.41) is 4.71. The SMILES string of the molecule is CC(C)(C)c1cc(-c2c3nc(c(-c4cccc5ccccc45)c4ccc([nH]4)c(-c4cc(C(C)(C)C)cc(C(C)(C)C)c4)c4nc(c(-c5cccc6ccccc56)c5ccc2[nH]5)C=C4)C=C3)cc(C(C)(C)C)c1. The first-order chi connectivity index (χ1) is 34.2. The van der Waals surface area contributed by atoms with E-state index in [0.717, 1.165) is 89.4 Å². The Morgan fingerprint density at radius 2 is 0.597 bits per heavy atom. The molecule has 0 unspecified atom stereocenters. The summed E-state index contributed by atoms with van der Waals surface area (Å²) in [5.41, 5.74) is 21.1. The number of aromatic nitrogens is 4. The van der Waals surface area contributed by atoms with Crippen molar-refractivity contribution in [3.05, 3.63) is 191 Å². The Kier molecular flexibility index (Phi) is 11.1. The van der Waals surface area contributed by atoms with Gasteiger partial charge in [-0.1, -0.05) is 204 Å². The van der Waals surface area contributed by atoms with Crippen molar-refractivity contribution < 1.29 is 0 Å². The molecule has 72 heavy (non-hydrogen) atoms. The van der Waals surface area contributed by atoms with Crippen molar-refractivity contribution in [2.75, 3.05) is 0 Å². The molecule has 2 aliphatic rings. The molecule has 358 valence electrons. The quantitative estimate of drug-likeness (QED) is 0.185. The molecule has 4 heteroatoms. The Balaban J connectivity index is 1.36. The summed E-state index contributed by atoms with van der Waals surface area (Å²) in [5.74, 6) is 0. The lowest BCUT2D eigenvalue weighted by Crippen LogP contribution is -2.16. The van der Waals surface area contributed by atoms with Gasteiger partial charge in [-0.05, 0) is 136 Å². The van der Waals surface area contributed by atoms with Crippen LogP contribution in [0.25, 0.3) is 112 Å². The van der Waals surface area contributed by atoms with Gasteiger partial charge >= 0.3 is 0 Å². The molecule has 2 N–H and O–H groups in total. The van der Waals surface area contributed by atoms with Gasteiger partial charge in [0.2, 0.25) is 0 Å². The van der Waals surface area contributed by atoms with Crippen LogP contribution in [-0.2, 0) is 21.7 Å². The van der Waals surface area contributed by atoms with Gasteiger partial charge in [0, 0.05) is 44.3 Å². The highest BCUT2D eigenvalue weighted by atomic mass is 14.8. The summed E-state index contributed by atoms with van der Waals surface area (Å²) < 4.78 is 0. The Morgan fingerprint density at radius 3 is 0.931 bits per heavy atom. The largest absolute Gasteiger partial charge is 0.354 e. The van der Waals surface area contributed by atoms with E-state index in [1.165, 1.54) is 43.8 Å². The Morgan fingerprint density at radius 1 is 0.306 bits per heavy atom. The molecule has 0 fully saturated rings. The Hall–Kier alpha value is -7.56. The van der Waals surface area contributed by atoms with Crippen molar-refractivity contribution in [1.82, 2.24) is 19.9 Å². The zero-order valence-electron chi connectivity index (χ0n) is 44.1. The van der Waals surface area contributed by atoms with E-state index in [4.69, 9.17) is 9.97 Å². The monoisotopic (exact) mass is 939 g/mol. The van der Waals surface area contributed by atoms with E-state index in [-0.39, 0.29) is 21.7 Å². The zero-order valence-corrected chi connectivity index (χ0v) is 44.1. The number of benzene rings is 6. The molecule has 4 nitrogen and oxygen atoms in total. The first kappa shape index (κ1) is 46.8. The number of nitrogens with zero attached hydrogens (tertiary/aromatic N) is 2. The van der Waals surface area contributed by atoms with Crippen molar-refractivity contribution in [1.29, 1.82) is 0 Å². The van der Waals surface area contributed by atoms with Crippen molar-refractivity contribution in [2.45, 2.75) is 105 Å². The fourth-order valence-electron chi connectivity index (χ4n) is 10.5. The van der Waals surface area contributed by atoms with Gasteiger partial charge in [0.25, 0.3) is 0 Å². The van der Waals surface area contributed by atoms with Crippen LogP contribution in [0.4, 0.5) is 0 Å². The second kappa shape index (κ2) is 17.1. The summed E-state index contributed by atoms with van der Waals surface area (Å²) in [6.07, 6.45) is 8.89. The van der Waals surface area contributed by atoms with E-state index in [9.17, 15) is 0 Å². The van der Waals surface area contributed by atoms with Gasteiger partial charge in [0.15, 0.2) is 0 Å². The summed E-state index contributed by atoms with van der Waals surface area (Å²) in [4.78, 5) is 19.6. The van der Waals surface area contributed by atoms with Gasteiger partial charge in [-0.25, -0.2) is 9.97 Å². The van der Waals surface area contributed by atoms with Crippen LogP contribution in [0.2, 0.25) is 0 Å². The third-order valence-electron chi connectivity index (χ3n) is 14.8. The van der Waals surface area contributed by atoms with Crippen LogP contribution in [0.15, 0.2) is 146 Å². The average molecular weight is 939 g/mol. The summed E-state index contributed by atoms with van der Waals surface area (Å²) in [6, 6.07) is 54.0. The van der Waals surface area contributed by atoms with Crippen LogP contribution in [0.1, 0.15) is 128 Å². The molecular formula is C68H66N4. The van der Waals surface area contributed by atoms with E-state index in [2.05, 4.69) is 263 Å². The molecule has 8 bridgehead atoms. The van der Waals surface area contributed by atoms with Crippen molar-refractivity contribution in [3.63, 3.8) is 0 Å². The minimum Gasteiger partial charge on any atom is -0.354 e. The topological polar surface area (TPSA) is 57.4 Å². The predicted molar refractivity (Wildman–Crippen MR) is 310 cm³/mol. The highest BCUT2D eigenvalue weighted by Gasteiger charge is 2.26. The molecular weight excluding hydrogens is 873 g/mol. The van der Waals surface area contributed by atoms with Crippen molar-refractivity contribution >= 4 is 67.9 Å². The van der Waals surface area contributed by atoms with E-state index < -0.39 is 0 Å². The van der Waals surface area contributed by atoms with Gasteiger partial charge < -0.3 is 9.97 Å². The number of H-pyrrole nitrogens is 2. The second-order valence-electron chi connectivity index (χ2n) is 24.2. The van der Waals surface area contributed by atoms with Crippen LogP contribution in [0.3, 0.4) is 0 Å². The molecule has 11 rings (SSSR count). The Labute approximate surface area is 425 Å². The molecule has 9 aromatic rings. The van der Waals surface area contributed by atoms with Crippen LogP contribution >= 0.6 is 0 Å². The van der Waals surface area contributed by atoms with Gasteiger partial charge in [-0.2, -0.15) is 0 Å².